The van der Waals surface area contributed by atoms with Crippen LogP contribution in [0.25, 0.3) is 0 Å². The molecule has 0 bridgehead atoms. The molecule has 22 heavy (non-hydrogen) atoms. The van der Waals surface area contributed by atoms with Gasteiger partial charge >= 0.3 is 0 Å². The lowest BCUT2D eigenvalue weighted by Gasteiger charge is -2.25. The molecule has 0 aromatic carbocycles. The van der Waals surface area contributed by atoms with Crippen LogP contribution in [0.2, 0.25) is 0 Å². The molecule has 0 unspecified atom stereocenters. The fraction of sp³-hybridized carbons (Fsp3) is 0.412. The second-order valence-electron chi connectivity index (χ2n) is 6.06. The maximum atomic E-state index is 12.4. The highest BCUT2D eigenvalue weighted by Crippen LogP contribution is 2.34. The Hall–Kier alpha value is -2.14. The van der Waals surface area contributed by atoms with Crippen LogP contribution >= 0.6 is 0 Å². The summed E-state index contributed by atoms with van der Waals surface area (Å²) in [4.78, 5) is 20.9. The van der Waals surface area contributed by atoms with Crippen molar-refractivity contribution >= 4 is 5.91 Å². The number of nitrogens with zero attached hydrogens (tertiary/aromatic N) is 3. The Morgan fingerprint density at radius 1 is 1.23 bits per heavy atom. The predicted molar refractivity (Wildman–Crippen MR) is 80.7 cm³/mol. The van der Waals surface area contributed by atoms with Crippen LogP contribution < -0.4 is 0 Å². The van der Waals surface area contributed by atoms with Gasteiger partial charge in [0, 0.05) is 44.0 Å². The van der Waals surface area contributed by atoms with E-state index in [0.29, 0.717) is 25.0 Å². The Morgan fingerprint density at radius 3 is 2.95 bits per heavy atom. The molecule has 5 nitrogen and oxygen atoms in total. The monoisotopic (exact) mass is 297 g/mol. The largest absolute Gasteiger partial charge is 0.468 e. The third-order valence-corrected chi connectivity index (χ3v) is 4.74. The van der Waals surface area contributed by atoms with E-state index in [-0.39, 0.29) is 5.91 Å². The summed E-state index contributed by atoms with van der Waals surface area (Å²) < 4.78 is 5.44. The zero-order chi connectivity index (χ0) is 14.9. The van der Waals surface area contributed by atoms with Crippen molar-refractivity contribution < 1.29 is 9.21 Å². The van der Waals surface area contributed by atoms with Gasteiger partial charge in [0.1, 0.15) is 5.76 Å². The van der Waals surface area contributed by atoms with E-state index in [4.69, 9.17) is 4.42 Å². The van der Waals surface area contributed by atoms with Crippen LogP contribution in [0.1, 0.15) is 24.2 Å². The smallest absolute Gasteiger partial charge is 0.224 e. The lowest BCUT2D eigenvalue weighted by Crippen LogP contribution is -2.36. The van der Waals surface area contributed by atoms with Crippen LogP contribution in [0.15, 0.2) is 47.3 Å². The van der Waals surface area contributed by atoms with Crippen molar-refractivity contribution in [2.24, 2.45) is 0 Å². The first-order valence-electron chi connectivity index (χ1n) is 7.76. The number of furan rings is 1. The van der Waals surface area contributed by atoms with E-state index in [0.717, 1.165) is 30.8 Å². The molecule has 0 N–H and O–H groups in total. The zero-order valence-corrected chi connectivity index (χ0v) is 12.4. The van der Waals surface area contributed by atoms with E-state index >= 15 is 0 Å². The van der Waals surface area contributed by atoms with Gasteiger partial charge in [-0.25, -0.2) is 0 Å². The molecule has 5 heteroatoms. The van der Waals surface area contributed by atoms with Crippen molar-refractivity contribution in [3.05, 3.63) is 54.2 Å². The van der Waals surface area contributed by atoms with E-state index in [2.05, 4.69) is 9.88 Å². The molecular formula is C17H19N3O2. The van der Waals surface area contributed by atoms with Gasteiger partial charge in [-0.1, -0.05) is 6.07 Å². The second-order valence-corrected chi connectivity index (χ2v) is 6.06. The molecule has 2 aromatic heterocycles. The number of likely N-dealkylation sites (tertiary alicyclic amines) is 2. The average Bonchev–Trinajstić information content (AvgIpc) is 3.23. The molecule has 2 atom stereocenters. The topological polar surface area (TPSA) is 49.6 Å². The Kier molecular flexibility index (Phi) is 3.42. The highest BCUT2D eigenvalue weighted by molar-refractivity contribution is 5.80. The quantitative estimate of drug-likeness (QED) is 0.866. The zero-order valence-electron chi connectivity index (χ0n) is 12.4. The van der Waals surface area contributed by atoms with Gasteiger partial charge in [-0.2, -0.15) is 0 Å². The maximum absolute atomic E-state index is 12.4. The normalized spacial score (nSPS) is 24.9. The first-order chi connectivity index (χ1) is 10.8. The summed E-state index contributed by atoms with van der Waals surface area (Å²) >= 11 is 0. The van der Waals surface area contributed by atoms with Crippen LogP contribution in [0.3, 0.4) is 0 Å². The standard InChI is InChI=1S/C17H19N3O2/c21-17-9-16-15(20(17)11-13-3-1-6-18-10-13)5-7-19(16)12-14-4-2-8-22-14/h1-4,6,8,10,15-16H,5,7,9,11-12H2/t15-,16+/m1/s1. The lowest BCUT2D eigenvalue weighted by molar-refractivity contribution is -0.129. The van der Waals surface area contributed by atoms with Crippen molar-refractivity contribution in [1.82, 2.24) is 14.8 Å². The molecule has 2 aliphatic rings. The van der Waals surface area contributed by atoms with Gasteiger partial charge in [-0.15, -0.1) is 0 Å². The molecule has 0 aliphatic carbocycles. The van der Waals surface area contributed by atoms with Gasteiger partial charge in [-0.3, -0.25) is 14.7 Å². The molecule has 1 amide bonds. The predicted octanol–water partition coefficient (Wildman–Crippen LogP) is 2.05. The van der Waals surface area contributed by atoms with Crippen LogP contribution in [-0.4, -0.2) is 39.3 Å². The van der Waals surface area contributed by atoms with Gasteiger partial charge in [0.15, 0.2) is 0 Å². The summed E-state index contributed by atoms with van der Waals surface area (Å²) in [5.74, 6) is 1.22. The van der Waals surface area contributed by atoms with Crippen molar-refractivity contribution in [2.75, 3.05) is 6.54 Å². The molecule has 114 valence electrons. The lowest BCUT2D eigenvalue weighted by atomic mass is 10.1. The Labute approximate surface area is 129 Å². The van der Waals surface area contributed by atoms with Crippen molar-refractivity contribution in [3.8, 4) is 0 Å². The van der Waals surface area contributed by atoms with Gasteiger partial charge < -0.3 is 9.32 Å². The fourth-order valence-electron chi connectivity index (χ4n) is 3.70. The van der Waals surface area contributed by atoms with Gasteiger partial charge in [0.05, 0.1) is 12.8 Å². The van der Waals surface area contributed by atoms with Crippen molar-refractivity contribution in [3.63, 3.8) is 0 Å². The Bertz CT molecular complexity index is 641. The van der Waals surface area contributed by atoms with Gasteiger partial charge in [0.2, 0.25) is 5.91 Å². The van der Waals surface area contributed by atoms with Gasteiger partial charge in [0.25, 0.3) is 0 Å². The number of fused-ring (bicyclic) bond motifs is 1. The summed E-state index contributed by atoms with van der Waals surface area (Å²) in [6.45, 7) is 2.48. The third kappa shape index (κ3) is 2.41. The van der Waals surface area contributed by atoms with Crippen LogP contribution in [0, 0.1) is 0 Å². The van der Waals surface area contributed by atoms with E-state index in [1.165, 1.54) is 0 Å². The van der Waals surface area contributed by atoms with Crippen molar-refractivity contribution in [1.29, 1.82) is 0 Å². The van der Waals surface area contributed by atoms with Gasteiger partial charge in [-0.05, 0) is 30.2 Å². The number of pyridine rings is 1. The minimum Gasteiger partial charge on any atom is -0.468 e. The molecule has 4 heterocycles. The third-order valence-electron chi connectivity index (χ3n) is 4.74. The second kappa shape index (κ2) is 5.57. The van der Waals surface area contributed by atoms with Crippen LogP contribution in [-0.2, 0) is 17.9 Å². The van der Waals surface area contributed by atoms with Crippen LogP contribution in [0.5, 0.6) is 0 Å². The molecule has 2 fully saturated rings. The first-order valence-corrected chi connectivity index (χ1v) is 7.76. The number of hydrogen-bond acceptors (Lipinski definition) is 4. The molecule has 2 aromatic rings. The summed E-state index contributed by atoms with van der Waals surface area (Å²) in [6, 6.07) is 8.50. The molecule has 0 radical (unpaired) electrons. The molecule has 2 aliphatic heterocycles. The molecular weight excluding hydrogens is 278 g/mol. The summed E-state index contributed by atoms with van der Waals surface area (Å²) in [7, 11) is 0. The average molecular weight is 297 g/mol. The summed E-state index contributed by atoms with van der Waals surface area (Å²) in [5.41, 5.74) is 1.10. The van der Waals surface area contributed by atoms with Crippen molar-refractivity contribution in [2.45, 2.75) is 38.0 Å². The summed E-state index contributed by atoms with van der Waals surface area (Å²) in [5, 5.41) is 0. The first kappa shape index (κ1) is 13.5. The molecule has 0 saturated carbocycles. The van der Waals surface area contributed by atoms with Crippen LogP contribution in [0.4, 0.5) is 0 Å². The number of carbonyl (C=O) groups excluding carboxylic acids is 1. The number of rotatable bonds is 4. The highest BCUT2D eigenvalue weighted by atomic mass is 16.3. The Morgan fingerprint density at radius 2 is 2.18 bits per heavy atom. The number of hydrogen-bond donors (Lipinski definition) is 0. The number of carbonyl (C=O) groups is 1. The fourth-order valence-corrected chi connectivity index (χ4v) is 3.70. The minimum absolute atomic E-state index is 0.253. The molecule has 0 spiro atoms. The van der Waals surface area contributed by atoms with E-state index in [9.17, 15) is 4.79 Å². The SMILES string of the molecule is O=C1C[C@H]2[C@@H](CCN2Cc2ccco2)N1Cc1cccnc1. The van der Waals surface area contributed by atoms with E-state index in [1.54, 1.807) is 12.5 Å². The summed E-state index contributed by atoms with van der Waals surface area (Å²) in [6.07, 6.45) is 6.97. The molecule has 2 saturated heterocycles. The minimum atomic E-state index is 0.253. The number of aromatic nitrogens is 1. The maximum Gasteiger partial charge on any atom is 0.224 e. The van der Waals surface area contributed by atoms with E-state index < -0.39 is 0 Å². The van der Waals surface area contributed by atoms with E-state index in [1.807, 2.05) is 35.4 Å². The Balaban J connectivity index is 1.47. The molecule has 4 rings (SSSR count). The number of amides is 1. The highest BCUT2D eigenvalue weighted by Gasteiger charge is 2.46.